The first-order chi connectivity index (χ1) is 13.0. The molecule has 1 aromatic carbocycles. The van der Waals surface area contributed by atoms with Crippen molar-refractivity contribution in [2.24, 2.45) is 5.92 Å². The molecule has 0 aliphatic heterocycles. The van der Waals surface area contributed by atoms with Crippen molar-refractivity contribution in [3.63, 3.8) is 0 Å². The Morgan fingerprint density at radius 2 is 2.26 bits per heavy atom. The predicted octanol–water partition coefficient (Wildman–Crippen LogP) is 4.99. The molecule has 1 aliphatic rings. The van der Waals surface area contributed by atoms with E-state index in [-0.39, 0.29) is 17.5 Å². The van der Waals surface area contributed by atoms with Crippen LogP contribution < -0.4 is 5.32 Å². The lowest BCUT2D eigenvalue weighted by Gasteiger charge is -2.18. The maximum absolute atomic E-state index is 13.3. The van der Waals surface area contributed by atoms with E-state index in [9.17, 15) is 9.18 Å². The highest BCUT2D eigenvalue weighted by Gasteiger charge is 2.24. The Bertz CT molecular complexity index is 1020. The summed E-state index contributed by atoms with van der Waals surface area (Å²) in [5.41, 5.74) is 1.83. The maximum Gasteiger partial charge on any atom is 0.234 e. The van der Waals surface area contributed by atoms with Gasteiger partial charge in [-0.1, -0.05) is 24.8 Å². The molecule has 2 aromatic heterocycles. The maximum atomic E-state index is 13.3. The van der Waals surface area contributed by atoms with Crippen molar-refractivity contribution in [1.29, 1.82) is 0 Å². The fraction of sp³-hybridized carbons (Fsp3) is 0.350. The van der Waals surface area contributed by atoms with Gasteiger partial charge in [-0.2, -0.15) is 0 Å². The molecule has 4 nitrogen and oxygen atoms in total. The number of thiophene rings is 1. The van der Waals surface area contributed by atoms with E-state index in [0.29, 0.717) is 11.6 Å². The summed E-state index contributed by atoms with van der Waals surface area (Å²) in [6.07, 6.45) is 3.32. The van der Waals surface area contributed by atoms with Crippen molar-refractivity contribution in [1.82, 2.24) is 9.97 Å². The molecule has 0 fully saturated rings. The van der Waals surface area contributed by atoms with Crippen LogP contribution in [0.25, 0.3) is 10.2 Å². The van der Waals surface area contributed by atoms with E-state index < -0.39 is 0 Å². The third-order valence-corrected chi connectivity index (χ3v) is 6.81. The van der Waals surface area contributed by atoms with Crippen molar-refractivity contribution in [2.75, 3.05) is 11.1 Å². The second-order valence-electron chi connectivity index (χ2n) is 6.96. The number of carbonyl (C=O) groups is 1. The lowest BCUT2D eigenvalue weighted by atomic mass is 9.89. The Hall–Kier alpha value is -1.99. The number of aromatic nitrogens is 2. The smallest absolute Gasteiger partial charge is 0.234 e. The summed E-state index contributed by atoms with van der Waals surface area (Å²) in [6.45, 7) is 4.17. The highest BCUT2D eigenvalue weighted by molar-refractivity contribution is 8.00. The number of nitrogens with one attached hydrogen (secondary N) is 1. The first kappa shape index (κ1) is 18.4. The van der Waals surface area contributed by atoms with Crippen LogP contribution >= 0.6 is 23.1 Å². The minimum atomic E-state index is -0.368. The van der Waals surface area contributed by atoms with Gasteiger partial charge in [0, 0.05) is 16.0 Å². The van der Waals surface area contributed by atoms with E-state index in [4.69, 9.17) is 0 Å². The van der Waals surface area contributed by atoms with Crippen molar-refractivity contribution in [2.45, 2.75) is 38.1 Å². The fourth-order valence-electron chi connectivity index (χ4n) is 3.41. The number of carbonyl (C=O) groups excluding carboxylic acids is 1. The number of halogens is 1. The summed E-state index contributed by atoms with van der Waals surface area (Å²) in [7, 11) is 0. The van der Waals surface area contributed by atoms with Crippen LogP contribution in [0.15, 0.2) is 29.3 Å². The Morgan fingerprint density at radius 3 is 3.07 bits per heavy atom. The van der Waals surface area contributed by atoms with Crippen molar-refractivity contribution in [3.8, 4) is 0 Å². The summed E-state index contributed by atoms with van der Waals surface area (Å²) in [4.78, 5) is 24.0. The van der Waals surface area contributed by atoms with Crippen molar-refractivity contribution >= 4 is 44.9 Å². The number of hydrogen-bond acceptors (Lipinski definition) is 5. The van der Waals surface area contributed by atoms with Gasteiger partial charge in [0.15, 0.2) is 0 Å². The third kappa shape index (κ3) is 3.99. The zero-order chi connectivity index (χ0) is 19.0. The van der Waals surface area contributed by atoms with Crippen molar-refractivity contribution in [3.05, 3.63) is 46.3 Å². The minimum absolute atomic E-state index is 0.173. The van der Waals surface area contributed by atoms with Gasteiger partial charge in [0.1, 0.15) is 21.5 Å². The highest BCUT2D eigenvalue weighted by atomic mass is 32.2. The number of nitrogens with zero attached hydrogens (tertiary/aromatic N) is 2. The lowest BCUT2D eigenvalue weighted by Crippen LogP contribution is -2.14. The van der Waals surface area contributed by atoms with Gasteiger partial charge in [0.25, 0.3) is 0 Å². The molecule has 0 radical (unpaired) electrons. The second kappa shape index (κ2) is 7.56. The highest BCUT2D eigenvalue weighted by Crippen LogP contribution is 2.40. The molecule has 1 N–H and O–H groups in total. The molecule has 0 saturated heterocycles. The topological polar surface area (TPSA) is 54.9 Å². The molecule has 1 atom stereocenters. The van der Waals surface area contributed by atoms with Gasteiger partial charge in [-0.15, -0.1) is 11.3 Å². The van der Waals surface area contributed by atoms with Crippen LogP contribution in [0.3, 0.4) is 0 Å². The number of anilines is 1. The molecule has 0 saturated carbocycles. The van der Waals surface area contributed by atoms with E-state index >= 15 is 0 Å². The Morgan fingerprint density at radius 1 is 1.41 bits per heavy atom. The van der Waals surface area contributed by atoms with Crippen LogP contribution in [0.1, 0.15) is 29.6 Å². The Labute approximate surface area is 165 Å². The van der Waals surface area contributed by atoms with Gasteiger partial charge in [-0.05, 0) is 55.9 Å². The summed E-state index contributed by atoms with van der Waals surface area (Å²) < 4.78 is 13.3. The van der Waals surface area contributed by atoms with Gasteiger partial charge in [-0.3, -0.25) is 4.79 Å². The van der Waals surface area contributed by atoms with Gasteiger partial charge < -0.3 is 5.32 Å². The molecular formula is C20H20FN3OS2. The average molecular weight is 402 g/mol. The second-order valence-corrected chi connectivity index (χ2v) is 9.00. The Kier molecular flexibility index (Phi) is 5.14. The SMILES string of the molecule is Cc1nc(SCC(=O)Nc2cccc(F)c2)c2c3c(sc2n1)CC(C)CC3. The van der Waals surface area contributed by atoms with Crippen LogP contribution in [0.4, 0.5) is 10.1 Å². The van der Waals surface area contributed by atoms with Gasteiger partial charge in [0.05, 0.1) is 5.75 Å². The molecule has 140 valence electrons. The predicted molar refractivity (Wildman–Crippen MR) is 109 cm³/mol. The summed E-state index contributed by atoms with van der Waals surface area (Å²) in [5.74, 6) is 1.11. The molecule has 27 heavy (non-hydrogen) atoms. The van der Waals surface area contributed by atoms with E-state index in [1.165, 1.54) is 40.8 Å². The molecule has 1 unspecified atom stereocenters. The Balaban J connectivity index is 1.55. The molecular weight excluding hydrogens is 381 g/mol. The van der Waals surface area contributed by atoms with Crippen LogP contribution in [0.2, 0.25) is 0 Å². The van der Waals surface area contributed by atoms with Gasteiger partial charge >= 0.3 is 0 Å². The molecule has 1 amide bonds. The number of hydrogen-bond donors (Lipinski definition) is 1. The zero-order valence-corrected chi connectivity index (χ0v) is 16.8. The summed E-state index contributed by atoms with van der Waals surface area (Å²) >= 11 is 3.19. The van der Waals surface area contributed by atoms with Crippen LogP contribution in [-0.2, 0) is 17.6 Å². The zero-order valence-electron chi connectivity index (χ0n) is 15.2. The molecule has 2 heterocycles. The number of rotatable bonds is 4. The van der Waals surface area contributed by atoms with Gasteiger partial charge in [-0.25, -0.2) is 14.4 Å². The molecule has 0 bridgehead atoms. The molecule has 0 spiro atoms. The van der Waals surface area contributed by atoms with E-state index in [0.717, 1.165) is 33.9 Å². The third-order valence-electron chi connectivity index (χ3n) is 4.68. The standard InChI is InChI=1S/C20H20FN3OS2/c1-11-6-7-15-16(8-11)27-20-18(15)19(22-12(2)23-20)26-10-17(25)24-14-5-3-4-13(21)9-14/h3-5,9,11H,6-8,10H2,1-2H3,(H,24,25). The molecule has 3 aromatic rings. The van der Waals surface area contributed by atoms with E-state index in [2.05, 4.69) is 22.2 Å². The van der Waals surface area contributed by atoms with Crippen LogP contribution in [0.5, 0.6) is 0 Å². The van der Waals surface area contributed by atoms with Crippen LogP contribution in [-0.4, -0.2) is 21.6 Å². The number of fused-ring (bicyclic) bond motifs is 3. The number of benzene rings is 1. The monoisotopic (exact) mass is 401 g/mol. The first-order valence-electron chi connectivity index (χ1n) is 8.96. The number of aryl methyl sites for hydroxylation is 2. The molecule has 4 rings (SSSR count). The molecule has 1 aliphatic carbocycles. The summed E-state index contributed by atoms with van der Waals surface area (Å²) in [6, 6.07) is 5.92. The number of amides is 1. The average Bonchev–Trinajstić information content (AvgIpc) is 2.96. The first-order valence-corrected chi connectivity index (χ1v) is 10.8. The normalized spacial score (nSPS) is 16.3. The largest absolute Gasteiger partial charge is 0.325 e. The lowest BCUT2D eigenvalue weighted by molar-refractivity contribution is -0.113. The number of thioether (sulfide) groups is 1. The minimum Gasteiger partial charge on any atom is -0.325 e. The fourth-order valence-corrected chi connectivity index (χ4v) is 5.81. The summed E-state index contributed by atoms with van der Waals surface area (Å²) in [5, 5.41) is 4.73. The van der Waals surface area contributed by atoms with Gasteiger partial charge in [0.2, 0.25) is 5.91 Å². The molecule has 7 heteroatoms. The van der Waals surface area contributed by atoms with Crippen molar-refractivity contribution < 1.29 is 9.18 Å². The van der Waals surface area contributed by atoms with Crippen LogP contribution in [0, 0.1) is 18.7 Å². The van der Waals surface area contributed by atoms with E-state index in [1.807, 2.05) is 6.92 Å². The van der Waals surface area contributed by atoms with E-state index in [1.54, 1.807) is 23.5 Å². The quantitative estimate of drug-likeness (QED) is 0.494.